The SMILES string of the molecule is CN(CCCNc1cc(-c2ccccc2O)nc2c(Br)cnn12)C(=O)C1Cc2ccccc2C1. The van der Waals surface area contributed by atoms with Crippen molar-refractivity contribution in [2.75, 3.05) is 25.5 Å². The molecule has 0 saturated heterocycles. The number of hydrogen-bond acceptors (Lipinski definition) is 5. The number of rotatable bonds is 7. The molecule has 0 bridgehead atoms. The molecule has 0 saturated carbocycles. The first-order chi connectivity index (χ1) is 16.5. The number of para-hydroxylation sites is 1. The van der Waals surface area contributed by atoms with Crippen LogP contribution in [-0.2, 0) is 17.6 Å². The van der Waals surface area contributed by atoms with Gasteiger partial charge in [0.25, 0.3) is 0 Å². The number of carbonyl (C=O) groups excluding carboxylic acids is 1. The zero-order valence-corrected chi connectivity index (χ0v) is 20.5. The zero-order valence-electron chi connectivity index (χ0n) is 18.9. The van der Waals surface area contributed by atoms with Crippen molar-refractivity contribution < 1.29 is 9.90 Å². The van der Waals surface area contributed by atoms with Crippen LogP contribution in [0.4, 0.5) is 5.82 Å². The summed E-state index contributed by atoms with van der Waals surface area (Å²) in [7, 11) is 1.89. The molecule has 0 fully saturated rings. The van der Waals surface area contributed by atoms with E-state index < -0.39 is 0 Å². The number of aromatic hydroxyl groups is 1. The smallest absolute Gasteiger partial charge is 0.226 e. The quantitative estimate of drug-likeness (QED) is 0.350. The summed E-state index contributed by atoms with van der Waals surface area (Å²) >= 11 is 3.51. The first-order valence-corrected chi connectivity index (χ1v) is 12.2. The third kappa shape index (κ3) is 4.37. The fraction of sp³-hybridized carbons (Fsp3) is 0.269. The first-order valence-electron chi connectivity index (χ1n) is 11.4. The molecule has 0 atom stereocenters. The van der Waals surface area contributed by atoms with E-state index in [-0.39, 0.29) is 17.6 Å². The van der Waals surface area contributed by atoms with Gasteiger partial charge in [-0.2, -0.15) is 9.61 Å². The summed E-state index contributed by atoms with van der Waals surface area (Å²) in [5, 5.41) is 18.1. The van der Waals surface area contributed by atoms with Crippen molar-refractivity contribution in [1.82, 2.24) is 19.5 Å². The normalized spacial score (nSPS) is 13.2. The van der Waals surface area contributed by atoms with Crippen LogP contribution in [0.15, 0.2) is 65.3 Å². The highest BCUT2D eigenvalue weighted by atomic mass is 79.9. The fourth-order valence-corrected chi connectivity index (χ4v) is 4.93. The number of hydrogen-bond donors (Lipinski definition) is 2. The lowest BCUT2D eigenvalue weighted by Gasteiger charge is -2.21. The maximum Gasteiger partial charge on any atom is 0.226 e. The summed E-state index contributed by atoms with van der Waals surface area (Å²) in [6.07, 6.45) is 4.15. The number of anilines is 1. The second-order valence-electron chi connectivity index (χ2n) is 8.69. The number of nitrogens with one attached hydrogen (secondary N) is 1. The number of fused-ring (bicyclic) bond motifs is 2. The van der Waals surface area contributed by atoms with Crippen LogP contribution in [-0.4, -0.2) is 50.6 Å². The molecule has 2 aromatic carbocycles. The molecule has 4 aromatic rings. The minimum Gasteiger partial charge on any atom is -0.507 e. The highest BCUT2D eigenvalue weighted by molar-refractivity contribution is 9.10. The molecule has 174 valence electrons. The van der Waals surface area contributed by atoms with Gasteiger partial charge < -0.3 is 15.3 Å². The van der Waals surface area contributed by atoms with Crippen molar-refractivity contribution in [3.8, 4) is 17.0 Å². The van der Waals surface area contributed by atoms with Gasteiger partial charge in [-0.05, 0) is 58.5 Å². The van der Waals surface area contributed by atoms with E-state index in [1.165, 1.54) is 11.1 Å². The Balaban J connectivity index is 1.23. The van der Waals surface area contributed by atoms with Crippen LogP contribution < -0.4 is 5.32 Å². The second-order valence-corrected chi connectivity index (χ2v) is 9.54. The average Bonchev–Trinajstić information content (AvgIpc) is 3.45. The van der Waals surface area contributed by atoms with Crippen molar-refractivity contribution in [3.63, 3.8) is 0 Å². The summed E-state index contributed by atoms with van der Waals surface area (Å²) in [5.74, 6) is 1.20. The molecule has 0 aliphatic heterocycles. The van der Waals surface area contributed by atoms with Crippen molar-refractivity contribution in [2.45, 2.75) is 19.3 Å². The van der Waals surface area contributed by atoms with E-state index in [0.717, 1.165) is 29.6 Å². The van der Waals surface area contributed by atoms with Gasteiger partial charge in [0, 0.05) is 37.7 Å². The third-order valence-electron chi connectivity index (χ3n) is 6.36. The fourth-order valence-electron chi connectivity index (χ4n) is 4.58. The number of phenols is 1. The predicted molar refractivity (Wildman–Crippen MR) is 136 cm³/mol. The standard InChI is InChI=1S/C26H26BrN5O2/c1-31(26(34)19-13-17-7-2-3-8-18(17)14-19)12-6-11-28-24-15-22(20-9-4-5-10-23(20)33)30-25-21(27)16-29-32(24)25/h2-5,7-10,15-16,19,28,33H,6,11-14H2,1H3. The Labute approximate surface area is 206 Å². The Morgan fingerprint density at radius 2 is 1.88 bits per heavy atom. The van der Waals surface area contributed by atoms with Crippen LogP contribution in [0.1, 0.15) is 17.5 Å². The van der Waals surface area contributed by atoms with Gasteiger partial charge in [-0.15, -0.1) is 0 Å². The van der Waals surface area contributed by atoms with Gasteiger partial charge >= 0.3 is 0 Å². The molecule has 1 aliphatic rings. The van der Waals surface area contributed by atoms with Crippen LogP contribution in [0.2, 0.25) is 0 Å². The Morgan fingerprint density at radius 3 is 2.62 bits per heavy atom. The number of halogens is 1. The molecule has 2 heterocycles. The summed E-state index contributed by atoms with van der Waals surface area (Å²) in [4.78, 5) is 19.5. The van der Waals surface area contributed by atoms with Gasteiger partial charge in [0.05, 0.1) is 16.4 Å². The van der Waals surface area contributed by atoms with Crippen LogP contribution in [0, 0.1) is 5.92 Å². The summed E-state index contributed by atoms with van der Waals surface area (Å²) in [6.45, 7) is 1.33. The summed E-state index contributed by atoms with van der Waals surface area (Å²) in [6, 6.07) is 17.4. The van der Waals surface area contributed by atoms with Crippen LogP contribution in [0.3, 0.4) is 0 Å². The molecule has 7 nitrogen and oxygen atoms in total. The molecule has 34 heavy (non-hydrogen) atoms. The molecule has 0 spiro atoms. The minimum atomic E-state index is 0.0396. The first kappa shape index (κ1) is 22.4. The van der Waals surface area contributed by atoms with Crippen LogP contribution in [0.5, 0.6) is 5.75 Å². The molecule has 2 N–H and O–H groups in total. The summed E-state index contributed by atoms with van der Waals surface area (Å²) < 4.78 is 2.51. The number of benzene rings is 2. The number of nitrogens with zero attached hydrogens (tertiary/aromatic N) is 4. The molecular weight excluding hydrogens is 494 g/mol. The van der Waals surface area contributed by atoms with Crippen molar-refractivity contribution in [2.24, 2.45) is 5.92 Å². The minimum absolute atomic E-state index is 0.0396. The molecule has 5 rings (SSSR count). The van der Waals surface area contributed by atoms with Crippen LogP contribution in [0.25, 0.3) is 16.9 Å². The Morgan fingerprint density at radius 1 is 1.18 bits per heavy atom. The highest BCUT2D eigenvalue weighted by Gasteiger charge is 2.28. The second kappa shape index (κ2) is 9.46. The van der Waals surface area contributed by atoms with Gasteiger partial charge in [0.1, 0.15) is 11.6 Å². The van der Waals surface area contributed by atoms with E-state index in [4.69, 9.17) is 0 Å². The maximum atomic E-state index is 12.9. The van der Waals surface area contributed by atoms with E-state index in [9.17, 15) is 9.90 Å². The number of carbonyl (C=O) groups is 1. The van der Waals surface area contributed by atoms with E-state index in [2.05, 4.69) is 43.5 Å². The zero-order chi connectivity index (χ0) is 23.7. The van der Waals surface area contributed by atoms with Crippen molar-refractivity contribution in [3.05, 3.63) is 76.4 Å². The number of aromatic nitrogens is 3. The van der Waals surface area contributed by atoms with Crippen molar-refractivity contribution in [1.29, 1.82) is 0 Å². The number of phenolic OH excluding ortho intramolecular Hbond substituents is 1. The Hall–Kier alpha value is -3.39. The highest BCUT2D eigenvalue weighted by Crippen LogP contribution is 2.31. The van der Waals surface area contributed by atoms with Gasteiger partial charge in [-0.3, -0.25) is 4.79 Å². The summed E-state index contributed by atoms with van der Waals surface area (Å²) in [5.41, 5.74) is 4.56. The maximum absolute atomic E-state index is 12.9. The van der Waals surface area contributed by atoms with Gasteiger partial charge in [-0.1, -0.05) is 36.4 Å². The van der Waals surface area contributed by atoms with E-state index in [1.807, 2.05) is 42.3 Å². The molecule has 0 unspecified atom stereocenters. The largest absolute Gasteiger partial charge is 0.507 e. The van der Waals surface area contributed by atoms with E-state index in [0.29, 0.717) is 30.0 Å². The molecular formula is C26H26BrN5O2. The predicted octanol–water partition coefficient (Wildman–Crippen LogP) is 4.54. The van der Waals surface area contributed by atoms with E-state index >= 15 is 0 Å². The van der Waals surface area contributed by atoms with Gasteiger partial charge in [-0.25, -0.2) is 4.98 Å². The Kier molecular flexibility index (Phi) is 6.24. The third-order valence-corrected chi connectivity index (χ3v) is 6.92. The van der Waals surface area contributed by atoms with E-state index in [1.54, 1.807) is 22.8 Å². The topological polar surface area (TPSA) is 82.8 Å². The molecule has 1 amide bonds. The monoisotopic (exact) mass is 519 g/mol. The molecule has 0 radical (unpaired) electrons. The Bertz CT molecular complexity index is 1330. The lowest BCUT2D eigenvalue weighted by atomic mass is 10.0. The van der Waals surface area contributed by atoms with Crippen LogP contribution >= 0.6 is 15.9 Å². The lowest BCUT2D eigenvalue weighted by molar-refractivity contribution is -0.133. The average molecular weight is 520 g/mol. The van der Waals surface area contributed by atoms with Gasteiger partial charge in [0.2, 0.25) is 5.91 Å². The molecule has 2 aromatic heterocycles. The molecule has 1 aliphatic carbocycles. The number of amides is 1. The van der Waals surface area contributed by atoms with Crippen molar-refractivity contribution >= 4 is 33.3 Å². The lowest BCUT2D eigenvalue weighted by Crippen LogP contribution is -2.34. The van der Waals surface area contributed by atoms with Gasteiger partial charge in [0.15, 0.2) is 5.65 Å². The molecule has 8 heteroatoms.